The fourth-order valence-corrected chi connectivity index (χ4v) is 1.60. The van der Waals surface area contributed by atoms with Crippen molar-refractivity contribution in [3.05, 3.63) is 36.0 Å². The van der Waals surface area contributed by atoms with Crippen LogP contribution in [0.1, 0.15) is 10.5 Å². The summed E-state index contributed by atoms with van der Waals surface area (Å²) in [6, 6.07) is 8.25. The summed E-state index contributed by atoms with van der Waals surface area (Å²) in [7, 11) is 3.10. The minimum atomic E-state index is -1.11. The topological polar surface area (TPSA) is 81.5 Å². The van der Waals surface area contributed by atoms with Crippen molar-refractivity contribution in [2.75, 3.05) is 14.2 Å². The third kappa shape index (κ3) is 2.62. The van der Waals surface area contributed by atoms with Crippen LogP contribution >= 0.6 is 0 Å². The van der Waals surface area contributed by atoms with Gasteiger partial charge in [-0.1, -0.05) is 0 Å². The lowest BCUT2D eigenvalue weighted by Gasteiger charge is -2.09. The van der Waals surface area contributed by atoms with Gasteiger partial charge in [0.25, 0.3) is 0 Å². The van der Waals surface area contributed by atoms with Gasteiger partial charge in [0.05, 0.1) is 19.9 Å². The monoisotopic (exact) mass is 260 g/mol. The maximum atomic E-state index is 10.7. The Bertz CT molecular complexity index is 596. The van der Waals surface area contributed by atoms with Gasteiger partial charge in [-0.3, -0.25) is 0 Å². The molecule has 1 aromatic heterocycles. The van der Waals surface area contributed by atoms with Crippen molar-refractivity contribution >= 4 is 5.97 Å². The number of benzene rings is 1. The van der Waals surface area contributed by atoms with Gasteiger partial charge < -0.3 is 14.6 Å². The van der Waals surface area contributed by atoms with Crippen LogP contribution in [0, 0.1) is 0 Å². The van der Waals surface area contributed by atoms with Gasteiger partial charge in [-0.25, -0.2) is 4.79 Å². The van der Waals surface area contributed by atoms with Crippen LogP contribution in [0.25, 0.3) is 11.3 Å². The Kier molecular flexibility index (Phi) is 3.61. The predicted molar refractivity (Wildman–Crippen MR) is 67.5 cm³/mol. The average Bonchev–Trinajstić information content (AvgIpc) is 2.46. The summed E-state index contributed by atoms with van der Waals surface area (Å²) in [5.41, 5.74) is 1.15. The van der Waals surface area contributed by atoms with Crippen LogP contribution in [0.15, 0.2) is 30.3 Å². The Morgan fingerprint density at radius 2 is 1.89 bits per heavy atom. The Hall–Kier alpha value is -2.63. The molecular weight excluding hydrogens is 248 g/mol. The minimum Gasteiger partial charge on any atom is -0.497 e. The molecule has 0 saturated carbocycles. The molecule has 0 saturated heterocycles. The molecule has 0 atom stereocenters. The molecule has 2 rings (SSSR count). The number of aromatic carboxylic acids is 1. The first-order valence-electron chi connectivity index (χ1n) is 5.45. The quantitative estimate of drug-likeness (QED) is 0.903. The number of ether oxygens (including phenoxy) is 2. The summed E-state index contributed by atoms with van der Waals surface area (Å²) in [5, 5.41) is 16.3. The number of nitrogens with zero attached hydrogens (tertiary/aromatic N) is 2. The van der Waals surface area contributed by atoms with Crippen molar-refractivity contribution in [1.82, 2.24) is 10.2 Å². The molecule has 0 fully saturated rings. The van der Waals surface area contributed by atoms with E-state index in [0.717, 1.165) is 0 Å². The predicted octanol–water partition coefficient (Wildman–Crippen LogP) is 1.86. The largest absolute Gasteiger partial charge is 0.497 e. The number of carbonyl (C=O) groups is 1. The first-order valence-corrected chi connectivity index (χ1v) is 5.45. The SMILES string of the molecule is COc1ccc(-c2ccc(C(=O)O)nn2)c(OC)c1. The van der Waals surface area contributed by atoms with E-state index in [4.69, 9.17) is 14.6 Å². The smallest absolute Gasteiger partial charge is 0.356 e. The van der Waals surface area contributed by atoms with Gasteiger partial charge in [-0.15, -0.1) is 10.2 Å². The number of hydrogen-bond acceptors (Lipinski definition) is 5. The van der Waals surface area contributed by atoms with Crippen LogP contribution in [0.2, 0.25) is 0 Å². The molecule has 98 valence electrons. The van der Waals surface area contributed by atoms with Gasteiger partial charge in [0.1, 0.15) is 11.5 Å². The lowest BCUT2D eigenvalue weighted by Crippen LogP contribution is -2.02. The molecule has 2 aromatic rings. The molecule has 0 bridgehead atoms. The summed E-state index contributed by atoms with van der Waals surface area (Å²) < 4.78 is 10.4. The molecule has 0 amide bonds. The molecule has 6 heteroatoms. The molecule has 0 spiro atoms. The number of aromatic nitrogens is 2. The summed E-state index contributed by atoms with van der Waals surface area (Å²) in [4.78, 5) is 10.7. The molecule has 6 nitrogen and oxygen atoms in total. The van der Waals surface area contributed by atoms with Gasteiger partial charge in [0.2, 0.25) is 0 Å². The molecular formula is C13H12N2O4. The van der Waals surface area contributed by atoms with E-state index in [1.807, 2.05) is 0 Å². The number of carboxylic acid groups (broad SMARTS) is 1. The first-order chi connectivity index (χ1) is 9.15. The standard InChI is InChI=1S/C13H12N2O4/c1-18-8-3-4-9(12(7-8)19-2)10-5-6-11(13(16)17)15-14-10/h3-7H,1-2H3,(H,16,17). The van der Waals surface area contributed by atoms with Gasteiger partial charge >= 0.3 is 5.97 Å². The normalized spacial score (nSPS) is 10.0. The number of rotatable bonds is 4. The molecule has 1 aromatic carbocycles. The van der Waals surface area contributed by atoms with E-state index >= 15 is 0 Å². The third-order valence-electron chi connectivity index (χ3n) is 2.57. The van der Waals surface area contributed by atoms with Crippen molar-refractivity contribution < 1.29 is 19.4 Å². The highest BCUT2D eigenvalue weighted by Crippen LogP contribution is 2.31. The maximum Gasteiger partial charge on any atom is 0.356 e. The van der Waals surface area contributed by atoms with Gasteiger partial charge in [-0.2, -0.15) is 0 Å². The number of hydrogen-bond donors (Lipinski definition) is 1. The van der Waals surface area contributed by atoms with Gasteiger partial charge in [0.15, 0.2) is 5.69 Å². The van der Waals surface area contributed by atoms with E-state index in [1.54, 1.807) is 31.4 Å². The zero-order valence-electron chi connectivity index (χ0n) is 10.5. The fourth-order valence-electron chi connectivity index (χ4n) is 1.60. The summed E-state index contributed by atoms with van der Waals surface area (Å²) in [6.07, 6.45) is 0. The van der Waals surface area contributed by atoms with Crippen LogP contribution in [0.3, 0.4) is 0 Å². The molecule has 0 aliphatic heterocycles. The van der Waals surface area contributed by atoms with E-state index in [-0.39, 0.29) is 5.69 Å². The van der Waals surface area contributed by atoms with E-state index in [2.05, 4.69) is 10.2 Å². The fraction of sp³-hybridized carbons (Fsp3) is 0.154. The van der Waals surface area contributed by atoms with Crippen LogP contribution in [-0.4, -0.2) is 35.5 Å². The zero-order valence-corrected chi connectivity index (χ0v) is 10.5. The Labute approximate surface area is 109 Å². The van der Waals surface area contributed by atoms with Crippen LogP contribution < -0.4 is 9.47 Å². The molecule has 0 aliphatic carbocycles. The lowest BCUT2D eigenvalue weighted by molar-refractivity contribution is 0.0689. The third-order valence-corrected chi connectivity index (χ3v) is 2.57. The lowest BCUT2D eigenvalue weighted by atomic mass is 10.1. The van der Waals surface area contributed by atoms with Crippen molar-refractivity contribution in [3.8, 4) is 22.8 Å². The molecule has 0 unspecified atom stereocenters. The van der Waals surface area contributed by atoms with E-state index in [0.29, 0.717) is 22.8 Å². The molecule has 0 radical (unpaired) electrons. The second-order valence-electron chi connectivity index (χ2n) is 3.68. The van der Waals surface area contributed by atoms with E-state index in [1.165, 1.54) is 13.2 Å². The number of methoxy groups -OCH3 is 2. The van der Waals surface area contributed by atoms with Crippen LogP contribution in [0.4, 0.5) is 0 Å². The molecule has 19 heavy (non-hydrogen) atoms. The highest BCUT2D eigenvalue weighted by molar-refractivity contribution is 5.85. The van der Waals surface area contributed by atoms with Crippen molar-refractivity contribution in [1.29, 1.82) is 0 Å². The van der Waals surface area contributed by atoms with Gasteiger partial charge in [-0.05, 0) is 24.3 Å². The Morgan fingerprint density at radius 3 is 2.42 bits per heavy atom. The second kappa shape index (κ2) is 5.34. The summed E-state index contributed by atoms with van der Waals surface area (Å²) >= 11 is 0. The van der Waals surface area contributed by atoms with E-state index < -0.39 is 5.97 Å². The van der Waals surface area contributed by atoms with Crippen molar-refractivity contribution in [2.45, 2.75) is 0 Å². The summed E-state index contributed by atoms with van der Waals surface area (Å²) in [5.74, 6) is 0.133. The van der Waals surface area contributed by atoms with Crippen LogP contribution in [-0.2, 0) is 0 Å². The number of carboxylic acids is 1. The minimum absolute atomic E-state index is 0.101. The van der Waals surface area contributed by atoms with Crippen LogP contribution in [0.5, 0.6) is 11.5 Å². The van der Waals surface area contributed by atoms with Crippen molar-refractivity contribution in [2.24, 2.45) is 0 Å². The molecule has 1 heterocycles. The Morgan fingerprint density at radius 1 is 1.11 bits per heavy atom. The van der Waals surface area contributed by atoms with Gasteiger partial charge in [0, 0.05) is 11.6 Å². The van der Waals surface area contributed by atoms with E-state index in [9.17, 15) is 4.79 Å². The highest BCUT2D eigenvalue weighted by atomic mass is 16.5. The zero-order chi connectivity index (χ0) is 13.8. The molecule has 1 N–H and O–H groups in total. The maximum absolute atomic E-state index is 10.7. The first kappa shape index (κ1) is 12.8. The Balaban J connectivity index is 2.43. The molecule has 0 aliphatic rings. The summed E-state index contributed by atoms with van der Waals surface area (Å²) in [6.45, 7) is 0. The average molecular weight is 260 g/mol. The second-order valence-corrected chi connectivity index (χ2v) is 3.68. The van der Waals surface area contributed by atoms with Crippen molar-refractivity contribution in [3.63, 3.8) is 0 Å². The highest BCUT2D eigenvalue weighted by Gasteiger charge is 2.11.